The molecule has 2 aliphatic rings. The molecule has 6 rings (SSSR count). The molecule has 1 atom stereocenters. The fraction of sp³-hybridized carbons (Fsp3) is 0.312. The molecule has 0 bridgehead atoms. The van der Waals surface area contributed by atoms with Crippen molar-refractivity contribution in [1.82, 2.24) is 19.4 Å². The van der Waals surface area contributed by atoms with Crippen LogP contribution in [0.2, 0.25) is 0 Å². The summed E-state index contributed by atoms with van der Waals surface area (Å²) in [4.78, 5) is 26.2. The predicted molar refractivity (Wildman–Crippen MR) is 165 cm³/mol. The summed E-state index contributed by atoms with van der Waals surface area (Å²) in [7, 11) is 5.77. The molecule has 214 valence electrons. The maximum Gasteiger partial charge on any atom is 0.247 e. The number of hydrogen-bond acceptors (Lipinski definition) is 8. The summed E-state index contributed by atoms with van der Waals surface area (Å²) in [5, 5.41) is 17.2. The number of amides is 1. The first-order chi connectivity index (χ1) is 20.4. The highest BCUT2D eigenvalue weighted by atomic mass is 16.5. The highest BCUT2D eigenvalue weighted by molar-refractivity contribution is 6.02. The number of methoxy groups -OCH3 is 1. The molecule has 10 nitrogen and oxygen atoms in total. The van der Waals surface area contributed by atoms with Gasteiger partial charge in [0.05, 0.1) is 41.6 Å². The van der Waals surface area contributed by atoms with Crippen molar-refractivity contribution in [3.8, 4) is 23.1 Å². The van der Waals surface area contributed by atoms with Gasteiger partial charge in [0.2, 0.25) is 11.9 Å². The highest BCUT2D eigenvalue weighted by Crippen LogP contribution is 2.42. The summed E-state index contributed by atoms with van der Waals surface area (Å²) < 4.78 is 8.08. The molecule has 42 heavy (non-hydrogen) atoms. The number of nitrogens with one attached hydrogen (secondary N) is 2. The van der Waals surface area contributed by atoms with E-state index < -0.39 is 0 Å². The SMILES string of the molecule is C=CC(=O)Nc1cc(Nc2ncc(C#N)c(-c3cn(C4CC4)c4ccccc34)n2)c(OC)cc1N1CC[C@@H](N(C)C)C1. The molecular formula is C32H34N8O2. The molecular weight excluding hydrogens is 528 g/mol. The van der Waals surface area contributed by atoms with Crippen LogP contribution in [0.3, 0.4) is 0 Å². The maximum atomic E-state index is 12.4. The maximum absolute atomic E-state index is 12.4. The van der Waals surface area contributed by atoms with E-state index in [4.69, 9.17) is 9.72 Å². The quantitative estimate of drug-likeness (QED) is 0.264. The summed E-state index contributed by atoms with van der Waals surface area (Å²) in [6, 6.07) is 15.1. The Morgan fingerprint density at radius 3 is 2.71 bits per heavy atom. The number of carbonyl (C=O) groups excluding carboxylic acids is 1. The first-order valence-electron chi connectivity index (χ1n) is 14.1. The van der Waals surface area contributed by atoms with Crippen molar-refractivity contribution in [3.05, 3.63) is 67.0 Å². The fourth-order valence-electron chi connectivity index (χ4n) is 5.66. The second kappa shape index (κ2) is 11.2. The lowest BCUT2D eigenvalue weighted by atomic mass is 10.1. The van der Waals surface area contributed by atoms with Crippen molar-refractivity contribution in [2.24, 2.45) is 0 Å². The van der Waals surface area contributed by atoms with Crippen molar-refractivity contribution in [3.63, 3.8) is 0 Å². The third-order valence-corrected chi connectivity index (χ3v) is 8.09. The zero-order chi connectivity index (χ0) is 29.4. The molecule has 4 aromatic rings. The number of hydrogen-bond donors (Lipinski definition) is 2. The van der Waals surface area contributed by atoms with Crippen LogP contribution in [0.1, 0.15) is 30.9 Å². The van der Waals surface area contributed by atoms with Crippen LogP contribution in [-0.2, 0) is 4.79 Å². The Balaban J connectivity index is 1.39. The summed E-state index contributed by atoms with van der Waals surface area (Å²) in [5.41, 5.74) is 5.06. The summed E-state index contributed by atoms with van der Waals surface area (Å²) >= 11 is 0. The molecule has 1 amide bonds. The molecule has 1 aliphatic carbocycles. The van der Waals surface area contributed by atoms with Gasteiger partial charge in [-0.15, -0.1) is 0 Å². The molecule has 2 N–H and O–H groups in total. The topological polar surface area (TPSA) is 111 Å². The average Bonchev–Trinajstić information content (AvgIpc) is 3.59. The standard InChI is InChI=1S/C32H34N8O2/c1-5-30(41)35-25-14-26(29(42-4)15-28(25)39-13-12-22(18-39)38(2)3)36-32-34-17-20(16-33)31(37-32)24-19-40(21-10-11-21)27-9-7-6-8-23(24)27/h5-9,14-15,17,19,21-22H,1,10-13,18H2,2-4H3,(H,35,41)(H,34,36,37)/t22-/m1/s1. The van der Waals surface area contributed by atoms with Gasteiger partial charge < -0.3 is 29.7 Å². The number of nitrogens with zero attached hydrogens (tertiary/aromatic N) is 6. The summed E-state index contributed by atoms with van der Waals surface area (Å²) in [6.07, 6.45) is 8.21. The second-order valence-electron chi connectivity index (χ2n) is 11.0. The van der Waals surface area contributed by atoms with E-state index in [9.17, 15) is 10.1 Å². The van der Waals surface area contributed by atoms with Gasteiger partial charge in [0.15, 0.2) is 0 Å². The number of para-hydroxylation sites is 1. The van der Waals surface area contributed by atoms with E-state index in [0.29, 0.717) is 46.4 Å². The number of fused-ring (bicyclic) bond motifs is 1. The molecule has 1 aliphatic heterocycles. The number of rotatable bonds is 9. The Morgan fingerprint density at radius 1 is 1.21 bits per heavy atom. The molecule has 2 aromatic carbocycles. The van der Waals surface area contributed by atoms with E-state index >= 15 is 0 Å². The number of benzene rings is 2. The monoisotopic (exact) mass is 562 g/mol. The van der Waals surface area contributed by atoms with Crippen LogP contribution in [0.5, 0.6) is 5.75 Å². The van der Waals surface area contributed by atoms with E-state index in [0.717, 1.165) is 54.5 Å². The first kappa shape index (κ1) is 27.3. The smallest absolute Gasteiger partial charge is 0.247 e. The van der Waals surface area contributed by atoms with Gasteiger partial charge in [-0.1, -0.05) is 24.8 Å². The Hall–Kier alpha value is -4.88. The fourth-order valence-corrected chi connectivity index (χ4v) is 5.66. The van der Waals surface area contributed by atoms with E-state index in [2.05, 4.69) is 75.1 Å². The van der Waals surface area contributed by atoms with Crippen molar-refractivity contribution in [1.29, 1.82) is 5.26 Å². The van der Waals surface area contributed by atoms with Gasteiger partial charge in [-0.2, -0.15) is 5.26 Å². The molecule has 0 unspecified atom stereocenters. The van der Waals surface area contributed by atoms with Crippen LogP contribution in [0.15, 0.2) is 61.4 Å². The molecule has 2 fully saturated rings. The van der Waals surface area contributed by atoms with E-state index in [1.54, 1.807) is 13.3 Å². The van der Waals surface area contributed by atoms with Crippen LogP contribution in [0, 0.1) is 11.3 Å². The molecule has 1 saturated heterocycles. The van der Waals surface area contributed by atoms with Crippen LogP contribution < -0.4 is 20.3 Å². The van der Waals surface area contributed by atoms with E-state index in [-0.39, 0.29) is 5.91 Å². The minimum atomic E-state index is -0.306. The lowest BCUT2D eigenvalue weighted by molar-refractivity contribution is -0.111. The number of anilines is 4. The van der Waals surface area contributed by atoms with E-state index in [1.165, 1.54) is 6.08 Å². The molecule has 2 aromatic heterocycles. The number of carbonyl (C=O) groups is 1. The number of likely N-dealkylation sites (N-methyl/N-ethyl adjacent to an activating group) is 1. The minimum Gasteiger partial charge on any atom is -0.494 e. The first-order valence-corrected chi connectivity index (χ1v) is 14.1. The van der Waals surface area contributed by atoms with Crippen LogP contribution in [0.4, 0.5) is 23.0 Å². The zero-order valence-corrected chi connectivity index (χ0v) is 24.1. The van der Waals surface area contributed by atoms with Crippen LogP contribution in [-0.4, -0.2) is 65.7 Å². The minimum absolute atomic E-state index is 0.306. The highest BCUT2D eigenvalue weighted by Gasteiger charge is 2.28. The third kappa shape index (κ3) is 5.15. The molecule has 0 radical (unpaired) electrons. The van der Waals surface area contributed by atoms with Crippen LogP contribution in [0.25, 0.3) is 22.2 Å². The number of ether oxygens (including phenoxy) is 1. The molecule has 3 heterocycles. The third-order valence-electron chi connectivity index (χ3n) is 8.09. The number of aromatic nitrogens is 3. The normalized spacial score (nSPS) is 16.5. The van der Waals surface area contributed by atoms with Crippen molar-refractivity contribution >= 4 is 39.8 Å². The average molecular weight is 563 g/mol. The zero-order valence-electron chi connectivity index (χ0n) is 24.1. The van der Waals surface area contributed by atoms with Crippen molar-refractivity contribution < 1.29 is 9.53 Å². The summed E-state index contributed by atoms with van der Waals surface area (Å²) in [6.45, 7) is 5.30. The Bertz CT molecular complexity index is 1720. The van der Waals surface area contributed by atoms with E-state index in [1.807, 2.05) is 24.3 Å². The molecule has 10 heteroatoms. The number of nitriles is 1. The van der Waals surface area contributed by atoms with Gasteiger partial charge in [-0.25, -0.2) is 9.97 Å². The Morgan fingerprint density at radius 2 is 2.02 bits per heavy atom. The van der Waals surface area contributed by atoms with Gasteiger partial charge in [0, 0.05) is 53.9 Å². The van der Waals surface area contributed by atoms with Gasteiger partial charge >= 0.3 is 0 Å². The van der Waals surface area contributed by atoms with Gasteiger partial charge in [-0.05, 0) is 51.6 Å². The lowest BCUT2D eigenvalue weighted by Crippen LogP contribution is -2.31. The van der Waals surface area contributed by atoms with Crippen molar-refractivity contribution in [2.75, 3.05) is 49.8 Å². The Kier molecular flexibility index (Phi) is 7.27. The molecule has 1 saturated carbocycles. The van der Waals surface area contributed by atoms with Gasteiger partial charge in [0.1, 0.15) is 11.8 Å². The van der Waals surface area contributed by atoms with Gasteiger partial charge in [0.25, 0.3) is 0 Å². The second-order valence-corrected chi connectivity index (χ2v) is 11.0. The Labute approximate surface area is 245 Å². The molecule has 0 spiro atoms. The predicted octanol–water partition coefficient (Wildman–Crippen LogP) is 5.32. The van der Waals surface area contributed by atoms with Gasteiger partial charge in [-0.3, -0.25) is 4.79 Å². The largest absolute Gasteiger partial charge is 0.494 e. The summed E-state index contributed by atoms with van der Waals surface area (Å²) in [5.74, 6) is 0.586. The van der Waals surface area contributed by atoms with Crippen molar-refractivity contribution in [2.45, 2.75) is 31.3 Å². The van der Waals surface area contributed by atoms with Crippen LogP contribution >= 0.6 is 0 Å². The lowest BCUT2D eigenvalue weighted by Gasteiger charge is -2.25.